The molecule has 0 aliphatic carbocycles. The van der Waals surface area contributed by atoms with Gasteiger partial charge in [-0.25, -0.2) is 0 Å². The summed E-state index contributed by atoms with van der Waals surface area (Å²) >= 11 is 3.47. The number of hydrogen-bond acceptors (Lipinski definition) is 1. The number of rotatable bonds is 4. The third-order valence-electron chi connectivity index (χ3n) is 3.48. The molecule has 0 aromatic heterocycles. The van der Waals surface area contributed by atoms with Gasteiger partial charge in [0.1, 0.15) is 0 Å². The van der Waals surface area contributed by atoms with Crippen LogP contribution in [0.3, 0.4) is 0 Å². The van der Waals surface area contributed by atoms with Crippen molar-refractivity contribution in [2.24, 2.45) is 0 Å². The van der Waals surface area contributed by atoms with Crippen LogP contribution in [0.5, 0.6) is 0 Å². The second-order valence-corrected chi connectivity index (χ2v) is 6.33. The van der Waals surface area contributed by atoms with E-state index in [1.165, 1.54) is 0 Å². The van der Waals surface area contributed by atoms with Crippen molar-refractivity contribution in [3.8, 4) is 0 Å². The van der Waals surface area contributed by atoms with Crippen LogP contribution in [0.2, 0.25) is 0 Å². The highest BCUT2D eigenvalue weighted by molar-refractivity contribution is 9.10. The zero-order valence-corrected chi connectivity index (χ0v) is 14.2. The van der Waals surface area contributed by atoms with E-state index in [9.17, 15) is 4.79 Å². The molecule has 2 aromatic rings. The second kappa shape index (κ2) is 6.90. The molecule has 2 aromatic carbocycles. The van der Waals surface area contributed by atoms with Gasteiger partial charge in [0.2, 0.25) is 0 Å². The Kier molecular flexibility index (Phi) is 5.18. The number of hydrogen-bond donors (Lipinski definition) is 0. The molecule has 0 saturated heterocycles. The normalized spacial score (nSPS) is 10.7. The van der Waals surface area contributed by atoms with E-state index in [2.05, 4.69) is 28.1 Å². The van der Waals surface area contributed by atoms with Gasteiger partial charge in [-0.15, -0.1) is 0 Å². The molecule has 2 nitrogen and oxygen atoms in total. The zero-order valence-electron chi connectivity index (χ0n) is 12.6. The number of carbonyl (C=O) groups is 1. The summed E-state index contributed by atoms with van der Waals surface area (Å²) in [6.45, 7) is 6.73. The molecule has 21 heavy (non-hydrogen) atoms. The van der Waals surface area contributed by atoms with Crippen LogP contribution in [0.4, 0.5) is 0 Å². The molecule has 0 unspecified atom stereocenters. The fourth-order valence-corrected chi connectivity index (χ4v) is 2.46. The van der Waals surface area contributed by atoms with Gasteiger partial charge in [0.15, 0.2) is 0 Å². The van der Waals surface area contributed by atoms with Gasteiger partial charge in [0, 0.05) is 22.6 Å². The number of carbonyl (C=O) groups excluding carboxylic acids is 1. The van der Waals surface area contributed by atoms with Gasteiger partial charge in [-0.2, -0.15) is 0 Å². The zero-order chi connectivity index (χ0) is 15.4. The maximum atomic E-state index is 12.8. The van der Waals surface area contributed by atoms with Crippen LogP contribution < -0.4 is 0 Å². The Bertz CT molecular complexity index is 622. The van der Waals surface area contributed by atoms with Crippen LogP contribution in [0, 0.1) is 6.92 Å². The van der Waals surface area contributed by atoms with E-state index < -0.39 is 0 Å². The average molecular weight is 346 g/mol. The van der Waals surface area contributed by atoms with Gasteiger partial charge in [-0.3, -0.25) is 4.79 Å². The molecule has 0 N–H and O–H groups in total. The lowest BCUT2D eigenvalue weighted by atomic mass is 10.1. The molecular formula is C18H20BrNO. The maximum absolute atomic E-state index is 12.8. The largest absolute Gasteiger partial charge is 0.332 e. The number of amides is 1. The molecule has 0 bridgehead atoms. The van der Waals surface area contributed by atoms with Gasteiger partial charge >= 0.3 is 0 Å². The van der Waals surface area contributed by atoms with Crippen molar-refractivity contribution in [3.05, 3.63) is 69.7 Å². The minimum atomic E-state index is 0.0736. The average Bonchev–Trinajstić information content (AvgIpc) is 2.47. The summed E-state index contributed by atoms with van der Waals surface area (Å²) < 4.78 is 1.03. The van der Waals surface area contributed by atoms with E-state index in [1.54, 1.807) is 0 Å². The third-order valence-corrected chi connectivity index (χ3v) is 4.37. The van der Waals surface area contributed by atoms with Gasteiger partial charge in [-0.1, -0.05) is 46.3 Å². The standard InChI is InChI=1S/C18H20BrNO/c1-13(2)20(12-15-7-5-4-6-8-15)18(21)16-9-10-17(19)14(3)11-16/h4-11,13H,12H2,1-3H3. The second-order valence-electron chi connectivity index (χ2n) is 5.48. The topological polar surface area (TPSA) is 20.3 Å². The van der Waals surface area contributed by atoms with Gasteiger partial charge in [0.25, 0.3) is 5.91 Å². The van der Waals surface area contributed by atoms with Crippen molar-refractivity contribution in [1.82, 2.24) is 4.90 Å². The van der Waals surface area contributed by atoms with Crippen LogP contribution in [-0.4, -0.2) is 16.8 Å². The number of aryl methyl sites for hydroxylation is 1. The Hall–Kier alpha value is -1.61. The van der Waals surface area contributed by atoms with Crippen molar-refractivity contribution >= 4 is 21.8 Å². The first-order valence-corrected chi connectivity index (χ1v) is 7.89. The van der Waals surface area contributed by atoms with Gasteiger partial charge in [0.05, 0.1) is 0 Å². The molecule has 0 spiro atoms. The SMILES string of the molecule is Cc1cc(C(=O)N(Cc2ccccc2)C(C)C)ccc1Br. The first-order valence-electron chi connectivity index (χ1n) is 7.10. The summed E-state index contributed by atoms with van der Waals surface area (Å²) in [6.07, 6.45) is 0. The van der Waals surface area contributed by atoms with E-state index in [0.717, 1.165) is 21.2 Å². The van der Waals surface area contributed by atoms with Gasteiger partial charge < -0.3 is 4.90 Å². The fourth-order valence-electron chi connectivity index (χ4n) is 2.21. The highest BCUT2D eigenvalue weighted by Gasteiger charge is 2.19. The molecule has 0 saturated carbocycles. The van der Waals surface area contributed by atoms with Crippen molar-refractivity contribution in [1.29, 1.82) is 0 Å². The van der Waals surface area contributed by atoms with Crippen molar-refractivity contribution in [3.63, 3.8) is 0 Å². The number of halogens is 1. The Morgan fingerprint density at radius 2 is 1.81 bits per heavy atom. The number of nitrogens with zero attached hydrogens (tertiary/aromatic N) is 1. The van der Waals surface area contributed by atoms with E-state index in [1.807, 2.05) is 62.1 Å². The summed E-state index contributed by atoms with van der Waals surface area (Å²) in [5.74, 6) is 0.0736. The lowest BCUT2D eigenvalue weighted by Crippen LogP contribution is -2.36. The quantitative estimate of drug-likeness (QED) is 0.778. The molecule has 0 atom stereocenters. The van der Waals surface area contributed by atoms with Crippen LogP contribution in [0.25, 0.3) is 0 Å². The predicted octanol–water partition coefficient (Wildman–Crippen LogP) is 4.81. The highest BCUT2D eigenvalue weighted by atomic mass is 79.9. The van der Waals surface area contributed by atoms with Crippen molar-refractivity contribution < 1.29 is 4.79 Å². The molecule has 0 fully saturated rings. The summed E-state index contributed by atoms with van der Waals surface area (Å²) in [5, 5.41) is 0. The summed E-state index contributed by atoms with van der Waals surface area (Å²) in [4.78, 5) is 14.7. The molecular weight excluding hydrogens is 326 g/mol. The van der Waals surface area contributed by atoms with E-state index in [-0.39, 0.29) is 11.9 Å². The Morgan fingerprint density at radius 3 is 2.38 bits per heavy atom. The van der Waals surface area contributed by atoms with E-state index in [0.29, 0.717) is 6.54 Å². The maximum Gasteiger partial charge on any atom is 0.254 e. The number of benzene rings is 2. The Morgan fingerprint density at radius 1 is 1.14 bits per heavy atom. The highest BCUT2D eigenvalue weighted by Crippen LogP contribution is 2.20. The molecule has 0 radical (unpaired) electrons. The van der Waals surface area contributed by atoms with Crippen LogP contribution in [-0.2, 0) is 6.54 Å². The minimum absolute atomic E-state index is 0.0736. The summed E-state index contributed by atoms with van der Waals surface area (Å²) in [7, 11) is 0. The van der Waals surface area contributed by atoms with Crippen molar-refractivity contribution in [2.75, 3.05) is 0 Å². The van der Waals surface area contributed by atoms with E-state index in [4.69, 9.17) is 0 Å². The first kappa shape index (κ1) is 15.8. The minimum Gasteiger partial charge on any atom is -0.332 e. The summed E-state index contributed by atoms with van der Waals surface area (Å²) in [5.41, 5.74) is 2.96. The fraction of sp³-hybridized carbons (Fsp3) is 0.278. The van der Waals surface area contributed by atoms with E-state index >= 15 is 0 Å². The van der Waals surface area contributed by atoms with Crippen LogP contribution >= 0.6 is 15.9 Å². The molecule has 3 heteroatoms. The third kappa shape index (κ3) is 3.94. The molecule has 0 aliphatic heterocycles. The monoisotopic (exact) mass is 345 g/mol. The van der Waals surface area contributed by atoms with Crippen molar-refractivity contribution in [2.45, 2.75) is 33.4 Å². The lowest BCUT2D eigenvalue weighted by molar-refractivity contribution is 0.0690. The van der Waals surface area contributed by atoms with Gasteiger partial charge in [-0.05, 0) is 50.1 Å². The van der Waals surface area contributed by atoms with Crippen LogP contribution in [0.1, 0.15) is 35.3 Å². The molecule has 2 rings (SSSR count). The lowest BCUT2D eigenvalue weighted by Gasteiger charge is -2.27. The molecule has 110 valence electrons. The molecule has 1 amide bonds. The Labute approximate surface area is 134 Å². The first-order chi connectivity index (χ1) is 9.99. The summed E-state index contributed by atoms with van der Waals surface area (Å²) in [6, 6.07) is 16.0. The predicted molar refractivity (Wildman–Crippen MR) is 90.3 cm³/mol. The molecule has 0 aliphatic rings. The van der Waals surface area contributed by atoms with Crippen LogP contribution in [0.15, 0.2) is 53.0 Å². The molecule has 0 heterocycles. The Balaban J connectivity index is 2.25. The smallest absolute Gasteiger partial charge is 0.254 e.